The number of ether oxygens (including phenoxy) is 2. The van der Waals surface area contributed by atoms with Crippen LogP contribution in [0.25, 0.3) is 0 Å². The van der Waals surface area contributed by atoms with E-state index in [-0.39, 0.29) is 24.0 Å². The van der Waals surface area contributed by atoms with Crippen LogP contribution >= 0.6 is 12.6 Å². The maximum atomic E-state index is 12.4. The van der Waals surface area contributed by atoms with Gasteiger partial charge in [0.25, 0.3) is 0 Å². The topological polar surface area (TPSA) is 90.7 Å². The largest absolute Gasteiger partial charge is 0.462 e. The molecule has 1 aliphatic rings. The van der Waals surface area contributed by atoms with Crippen molar-refractivity contribution >= 4 is 24.5 Å². The summed E-state index contributed by atoms with van der Waals surface area (Å²) in [5.41, 5.74) is 6.80. The van der Waals surface area contributed by atoms with Gasteiger partial charge in [-0.25, -0.2) is 4.79 Å². The summed E-state index contributed by atoms with van der Waals surface area (Å²) in [6, 6.07) is -0.739. The molecule has 7 heteroatoms. The fourth-order valence-electron chi connectivity index (χ4n) is 3.22. The molecular weight excluding hydrogens is 364 g/mol. The first-order valence-corrected chi connectivity index (χ1v) is 10.7. The average molecular weight is 401 g/mol. The predicted octanol–water partition coefficient (Wildman–Crippen LogP) is 2.76. The van der Waals surface area contributed by atoms with Crippen molar-refractivity contribution in [1.29, 1.82) is 0 Å². The van der Waals surface area contributed by atoms with E-state index >= 15 is 0 Å². The number of carbonyl (C=O) groups excluding carboxylic acids is 2. The SMILES string of the molecule is CCC(CC)O[C@@H]1C=C(C(=O)OCCCCCCS)C[C@H](N)[C@H]1NC(C)=O. The van der Waals surface area contributed by atoms with Gasteiger partial charge < -0.3 is 20.5 Å². The van der Waals surface area contributed by atoms with E-state index < -0.39 is 12.1 Å². The van der Waals surface area contributed by atoms with Gasteiger partial charge in [0.2, 0.25) is 5.91 Å². The summed E-state index contributed by atoms with van der Waals surface area (Å²) >= 11 is 4.19. The van der Waals surface area contributed by atoms with Crippen LogP contribution in [0.15, 0.2) is 11.6 Å². The second-order valence-corrected chi connectivity index (χ2v) is 7.55. The van der Waals surface area contributed by atoms with Crippen molar-refractivity contribution < 1.29 is 19.1 Å². The fourth-order valence-corrected chi connectivity index (χ4v) is 3.45. The van der Waals surface area contributed by atoms with Gasteiger partial charge in [0, 0.05) is 18.5 Å². The molecule has 0 heterocycles. The highest BCUT2D eigenvalue weighted by Crippen LogP contribution is 2.24. The second-order valence-electron chi connectivity index (χ2n) is 7.10. The number of unbranched alkanes of at least 4 members (excludes halogenated alkanes) is 3. The zero-order valence-corrected chi connectivity index (χ0v) is 17.8. The fraction of sp³-hybridized carbons (Fsp3) is 0.800. The van der Waals surface area contributed by atoms with Crippen molar-refractivity contribution in [1.82, 2.24) is 5.32 Å². The number of hydrogen-bond donors (Lipinski definition) is 3. The predicted molar refractivity (Wildman–Crippen MR) is 111 cm³/mol. The Kier molecular flexibility index (Phi) is 11.7. The third-order valence-corrected chi connectivity index (χ3v) is 5.13. The van der Waals surface area contributed by atoms with Gasteiger partial charge in [-0.1, -0.05) is 26.7 Å². The third-order valence-electron chi connectivity index (χ3n) is 4.81. The molecule has 3 N–H and O–H groups in total. The Labute approximate surface area is 169 Å². The van der Waals surface area contributed by atoms with Gasteiger partial charge in [0.05, 0.1) is 24.9 Å². The van der Waals surface area contributed by atoms with Crippen LogP contribution in [-0.4, -0.2) is 48.5 Å². The summed E-state index contributed by atoms with van der Waals surface area (Å²) in [5.74, 6) is 0.395. The highest BCUT2D eigenvalue weighted by Gasteiger charge is 2.35. The lowest BCUT2D eigenvalue weighted by atomic mass is 9.88. The number of nitrogens with two attached hydrogens (primary N) is 1. The van der Waals surface area contributed by atoms with E-state index in [9.17, 15) is 9.59 Å². The molecule has 0 aromatic rings. The first-order valence-electron chi connectivity index (χ1n) is 10.1. The summed E-state index contributed by atoms with van der Waals surface area (Å²) < 4.78 is 11.5. The molecule has 1 rings (SSSR count). The molecule has 0 unspecified atom stereocenters. The molecule has 0 radical (unpaired) electrons. The number of hydrogen-bond acceptors (Lipinski definition) is 6. The van der Waals surface area contributed by atoms with E-state index in [2.05, 4.69) is 31.8 Å². The van der Waals surface area contributed by atoms with Gasteiger partial charge in [-0.3, -0.25) is 4.79 Å². The number of thiol groups is 1. The molecule has 0 bridgehead atoms. The number of amides is 1. The van der Waals surface area contributed by atoms with Gasteiger partial charge in [0.15, 0.2) is 0 Å². The first kappa shape index (κ1) is 24.0. The molecule has 0 fully saturated rings. The quantitative estimate of drug-likeness (QED) is 0.266. The van der Waals surface area contributed by atoms with Crippen LogP contribution in [0.2, 0.25) is 0 Å². The normalized spacial score (nSPS) is 22.4. The van der Waals surface area contributed by atoms with Crippen molar-refractivity contribution in [3.63, 3.8) is 0 Å². The Morgan fingerprint density at radius 1 is 1.26 bits per heavy atom. The Morgan fingerprint density at radius 2 is 1.93 bits per heavy atom. The lowest BCUT2D eigenvalue weighted by Gasteiger charge is -2.36. The first-order chi connectivity index (χ1) is 12.9. The van der Waals surface area contributed by atoms with Gasteiger partial charge in [-0.15, -0.1) is 0 Å². The standard InChI is InChI=1S/C20H36N2O4S/c1-4-16(5-2)26-18-13-15(12-17(21)19(18)22-14(3)23)20(24)25-10-8-6-7-9-11-27/h13,16-19,27H,4-12,21H2,1-3H3,(H,22,23)/t17-,18+,19+/m0/s1. The smallest absolute Gasteiger partial charge is 0.333 e. The van der Waals surface area contributed by atoms with Crippen molar-refractivity contribution in [2.45, 2.75) is 90.0 Å². The van der Waals surface area contributed by atoms with Crippen LogP contribution in [0, 0.1) is 0 Å². The molecule has 1 amide bonds. The summed E-state index contributed by atoms with van der Waals surface area (Å²) in [4.78, 5) is 24.0. The highest BCUT2D eigenvalue weighted by atomic mass is 32.1. The minimum absolute atomic E-state index is 0.0527. The van der Waals surface area contributed by atoms with Gasteiger partial charge in [0.1, 0.15) is 0 Å². The maximum Gasteiger partial charge on any atom is 0.333 e. The molecule has 0 saturated carbocycles. The summed E-state index contributed by atoms with van der Waals surface area (Å²) in [7, 11) is 0. The van der Waals surface area contributed by atoms with Crippen LogP contribution in [-0.2, 0) is 19.1 Å². The molecule has 156 valence electrons. The van der Waals surface area contributed by atoms with Gasteiger partial charge >= 0.3 is 5.97 Å². The van der Waals surface area contributed by atoms with Crippen LogP contribution in [0.3, 0.4) is 0 Å². The Bertz CT molecular complexity index is 494. The number of carbonyl (C=O) groups is 2. The van der Waals surface area contributed by atoms with Crippen LogP contribution in [0.1, 0.15) is 65.7 Å². The molecule has 6 nitrogen and oxygen atoms in total. The second kappa shape index (κ2) is 13.2. The Morgan fingerprint density at radius 3 is 2.52 bits per heavy atom. The van der Waals surface area contributed by atoms with Gasteiger partial charge in [-0.05, 0) is 43.9 Å². The molecule has 0 aromatic carbocycles. The zero-order chi connectivity index (χ0) is 20.2. The van der Waals surface area contributed by atoms with E-state index in [1.54, 1.807) is 6.08 Å². The minimum atomic E-state index is -0.430. The number of rotatable bonds is 12. The van der Waals surface area contributed by atoms with E-state index in [1.807, 2.05) is 0 Å². The molecule has 0 saturated heterocycles. The molecule has 3 atom stereocenters. The van der Waals surface area contributed by atoms with E-state index in [0.717, 1.165) is 44.3 Å². The van der Waals surface area contributed by atoms with Crippen LogP contribution < -0.4 is 11.1 Å². The lowest BCUT2D eigenvalue weighted by molar-refractivity contribution is -0.139. The van der Waals surface area contributed by atoms with Crippen molar-refractivity contribution in [2.24, 2.45) is 5.73 Å². The molecular formula is C20H36N2O4S. The molecule has 0 aromatic heterocycles. The van der Waals surface area contributed by atoms with Crippen molar-refractivity contribution in [2.75, 3.05) is 12.4 Å². The molecule has 0 spiro atoms. The summed E-state index contributed by atoms with van der Waals surface area (Å²) in [6.07, 6.45) is 7.53. The maximum absolute atomic E-state index is 12.4. The molecule has 1 aliphatic carbocycles. The van der Waals surface area contributed by atoms with E-state index in [0.29, 0.717) is 18.6 Å². The van der Waals surface area contributed by atoms with Crippen molar-refractivity contribution in [3.05, 3.63) is 11.6 Å². The summed E-state index contributed by atoms with van der Waals surface area (Å²) in [6.45, 7) is 5.97. The Hall–Kier alpha value is -1.05. The summed E-state index contributed by atoms with van der Waals surface area (Å²) in [5, 5.41) is 2.87. The third kappa shape index (κ3) is 8.66. The number of nitrogens with one attached hydrogen (secondary N) is 1. The monoisotopic (exact) mass is 400 g/mol. The molecule has 27 heavy (non-hydrogen) atoms. The van der Waals surface area contributed by atoms with Crippen LogP contribution in [0.5, 0.6) is 0 Å². The Balaban J connectivity index is 2.72. The minimum Gasteiger partial charge on any atom is -0.462 e. The zero-order valence-electron chi connectivity index (χ0n) is 16.9. The van der Waals surface area contributed by atoms with Crippen LogP contribution in [0.4, 0.5) is 0 Å². The average Bonchev–Trinajstić information content (AvgIpc) is 2.64. The van der Waals surface area contributed by atoms with Crippen molar-refractivity contribution in [3.8, 4) is 0 Å². The van der Waals surface area contributed by atoms with E-state index in [1.165, 1.54) is 6.92 Å². The lowest BCUT2D eigenvalue weighted by Crippen LogP contribution is -2.57. The van der Waals surface area contributed by atoms with Gasteiger partial charge in [-0.2, -0.15) is 12.6 Å². The number of esters is 1. The molecule has 0 aliphatic heterocycles. The van der Waals surface area contributed by atoms with E-state index in [4.69, 9.17) is 15.2 Å². The highest BCUT2D eigenvalue weighted by molar-refractivity contribution is 7.80.